The first kappa shape index (κ1) is 19.7. The van der Waals surface area contributed by atoms with Crippen molar-refractivity contribution in [2.75, 3.05) is 0 Å². The third kappa shape index (κ3) is 5.99. The summed E-state index contributed by atoms with van der Waals surface area (Å²) in [7, 11) is 0. The van der Waals surface area contributed by atoms with Crippen molar-refractivity contribution in [3.63, 3.8) is 0 Å². The lowest BCUT2D eigenvalue weighted by molar-refractivity contribution is 0.304. The number of hydrogen-bond acceptors (Lipinski definition) is 3. The molecule has 0 aliphatic carbocycles. The molecule has 0 aromatic heterocycles. The van der Waals surface area contributed by atoms with Gasteiger partial charge in [-0.1, -0.05) is 53.5 Å². The summed E-state index contributed by atoms with van der Waals surface area (Å²) in [6, 6.07) is 21.1. The van der Waals surface area contributed by atoms with E-state index >= 15 is 0 Å². The minimum Gasteiger partial charge on any atom is -0.488 e. The zero-order valence-electron chi connectivity index (χ0n) is 14.3. The first-order valence-corrected chi connectivity index (χ1v) is 9.83. The van der Waals surface area contributed by atoms with E-state index in [1.165, 1.54) is 0 Å². The number of rotatable bonds is 7. The molecule has 3 aromatic carbocycles. The molecule has 0 amide bonds. The molecule has 0 saturated carbocycles. The number of hydrogen-bond donors (Lipinski definition) is 1. The van der Waals surface area contributed by atoms with Crippen LogP contribution in [0.3, 0.4) is 0 Å². The minimum absolute atomic E-state index is 0.411. The molecule has 3 aromatic rings. The zero-order chi connectivity index (χ0) is 19.1. The molecule has 0 saturated heterocycles. The molecule has 0 spiro atoms. The first-order chi connectivity index (χ1) is 13.1. The standard InChI is InChI=1S/C21H17BrCl2N2O/c22-19-11-16(13-26-25-12-15-5-8-18(23)9-6-15)7-10-21(19)27-14-17-3-1-2-4-20(17)24/h1-11,13,25H,12,14H2/b26-13-. The lowest BCUT2D eigenvalue weighted by atomic mass is 10.2. The van der Waals surface area contributed by atoms with Gasteiger partial charge >= 0.3 is 0 Å². The van der Waals surface area contributed by atoms with E-state index in [1.54, 1.807) is 6.21 Å². The normalized spacial score (nSPS) is 10.9. The second-order valence-electron chi connectivity index (χ2n) is 5.79. The van der Waals surface area contributed by atoms with Crippen LogP contribution in [0.4, 0.5) is 0 Å². The van der Waals surface area contributed by atoms with Crippen molar-refractivity contribution in [1.82, 2.24) is 5.43 Å². The molecule has 3 rings (SSSR count). The fourth-order valence-electron chi connectivity index (χ4n) is 2.34. The molecule has 0 radical (unpaired) electrons. The van der Waals surface area contributed by atoms with Crippen molar-refractivity contribution >= 4 is 45.3 Å². The summed E-state index contributed by atoms with van der Waals surface area (Å²) < 4.78 is 6.71. The third-order valence-electron chi connectivity index (χ3n) is 3.80. The molecule has 0 heterocycles. The van der Waals surface area contributed by atoms with Gasteiger partial charge in [-0.3, -0.25) is 0 Å². The number of benzene rings is 3. The second kappa shape index (κ2) is 9.79. The summed E-state index contributed by atoms with van der Waals surface area (Å²) >= 11 is 15.6. The number of halogens is 3. The summed E-state index contributed by atoms with van der Waals surface area (Å²) in [6.07, 6.45) is 1.76. The Morgan fingerprint density at radius 2 is 1.78 bits per heavy atom. The summed E-state index contributed by atoms with van der Waals surface area (Å²) in [5, 5.41) is 5.67. The molecule has 27 heavy (non-hydrogen) atoms. The van der Waals surface area contributed by atoms with Crippen LogP contribution < -0.4 is 10.2 Å². The van der Waals surface area contributed by atoms with Crippen LogP contribution in [0, 0.1) is 0 Å². The van der Waals surface area contributed by atoms with E-state index < -0.39 is 0 Å². The van der Waals surface area contributed by atoms with Crippen LogP contribution in [0.2, 0.25) is 10.0 Å². The lowest BCUT2D eigenvalue weighted by Gasteiger charge is -2.10. The van der Waals surface area contributed by atoms with Gasteiger partial charge in [0.05, 0.1) is 17.2 Å². The molecule has 138 valence electrons. The SMILES string of the molecule is Clc1ccc(CN/N=C\c2ccc(OCc3ccccc3Cl)c(Br)c2)cc1. The number of nitrogens with zero attached hydrogens (tertiary/aromatic N) is 1. The van der Waals surface area contributed by atoms with Gasteiger partial charge < -0.3 is 10.2 Å². The molecule has 1 N–H and O–H groups in total. The highest BCUT2D eigenvalue weighted by atomic mass is 79.9. The molecule has 0 aliphatic rings. The first-order valence-electron chi connectivity index (χ1n) is 8.28. The zero-order valence-corrected chi connectivity index (χ0v) is 17.4. The summed E-state index contributed by atoms with van der Waals surface area (Å²) in [6.45, 7) is 1.04. The van der Waals surface area contributed by atoms with Crippen LogP contribution in [0.25, 0.3) is 0 Å². The van der Waals surface area contributed by atoms with Crippen LogP contribution in [-0.2, 0) is 13.2 Å². The van der Waals surface area contributed by atoms with Crippen molar-refractivity contribution in [1.29, 1.82) is 0 Å². The van der Waals surface area contributed by atoms with E-state index in [-0.39, 0.29) is 0 Å². The van der Waals surface area contributed by atoms with E-state index in [0.29, 0.717) is 18.2 Å². The summed E-state index contributed by atoms with van der Waals surface area (Å²) in [5.74, 6) is 0.751. The average molecular weight is 464 g/mol. The molecule has 0 unspecified atom stereocenters. The Morgan fingerprint density at radius 3 is 2.52 bits per heavy atom. The van der Waals surface area contributed by atoms with Crippen LogP contribution in [0.5, 0.6) is 5.75 Å². The highest BCUT2D eigenvalue weighted by molar-refractivity contribution is 9.10. The molecule has 0 atom stereocenters. The van der Waals surface area contributed by atoms with Gasteiger partial charge in [0.2, 0.25) is 0 Å². The number of nitrogens with one attached hydrogen (secondary N) is 1. The summed E-state index contributed by atoms with van der Waals surface area (Å²) in [5.41, 5.74) is 6.04. The van der Waals surface area contributed by atoms with E-state index in [9.17, 15) is 0 Å². The Balaban J connectivity index is 1.54. The van der Waals surface area contributed by atoms with Gasteiger partial charge in [0.25, 0.3) is 0 Å². The Bertz CT molecular complexity index is 930. The van der Waals surface area contributed by atoms with Crippen molar-refractivity contribution in [3.8, 4) is 5.75 Å². The van der Waals surface area contributed by atoms with E-state index in [1.807, 2.05) is 66.7 Å². The smallest absolute Gasteiger partial charge is 0.134 e. The number of ether oxygens (including phenoxy) is 1. The maximum atomic E-state index is 6.16. The molecule has 3 nitrogen and oxygen atoms in total. The average Bonchev–Trinajstić information content (AvgIpc) is 2.67. The highest BCUT2D eigenvalue weighted by Gasteiger charge is 2.04. The van der Waals surface area contributed by atoms with Crippen LogP contribution in [0.15, 0.2) is 76.3 Å². The van der Waals surface area contributed by atoms with E-state index in [0.717, 1.165) is 31.9 Å². The van der Waals surface area contributed by atoms with E-state index in [4.69, 9.17) is 27.9 Å². The van der Waals surface area contributed by atoms with Crippen molar-refractivity contribution in [3.05, 3.63) is 97.9 Å². The monoisotopic (exact) mass is 462 g/mol. The van der Waals surface area contributed by atoms with Gasteiger partial charge in [0.1, 0.15) is 12.4 Å². The van der Waals surface area contributed by atoms with Crippen LogP contribution in [-0.4, -0.2) is 6.21 Å². The Kier molecular flexibility index (Phi) is 7.16. The fourth-order valence-corrected chi connectivity index (χ4v) is 3.17. The third-order valence-corrected chi connectivity index (χ3v) is 5.04. The fraction of sp³-hybridized carbons (Fsp3) is 0.0952. The Hall–Kier alpha value is -2.01. The lowest BCUT2D eigenvalue weighted by Crippen LogP contribution is -2.05. The summed E-state index contributed by atoms with van der Waals surface area (Å²) in [4.78, 5) is 0. The van der Waals surface area contributed by atoms with Gasteiger partial charge in [-0.2, -0.15) is 5.10 Å². The van der Waals surface area contributed by atoms with Gasteiger partial charge in [-0.05, 0) is 63.5 Å². The second-order valence-corrected chi connectivity index (χ2v) is 7.49. The highest BCUT2D eigenvalue weighted by Crippen LogP contribution is 2.27. The van der Waals surface area contributed by atoms with Gasteiger partial charge in [-0.15, -0.1) is 0 Å². The quantitative estimate of drug-likeness (QED) is 0.322. The van der Waals surface area contributed by atoms with E-state index in [2.05, 4.69) is 26.5 Å². The minimum atomic E-state index is 0.411. The van der Waals surface area contributed by atoms with Crippen molar-refractivity contribution in [2.24, 2.45) is 5.10 Å². The molecular weight excluding hydrogens is 447 g/mol. The predicted molar refractivity (Wildman–Crippen MR) is 116 cm³/mol. The molecule has 0 fully saturated rings. The molecular formula is C21H17BrCl2N2O. The number of hydrazone groups is 1. The molecule has 6 heteroatoms. The van der Waals surface area contributed by atoms with Gasteiger partial charge in [0, 0.05) is 15.6 Å². The van der Waals surface area contributed by atoms with Crippen molar-refractivity contribution in [2.45, 2.75) is 13.2 Å². The Morgan fingerprint density at radius 1 is 1.00 bits per heavy atom. The van der Waals surface area contributed by atoms with Crippen LogP contribution in [0.1, 0.15) is 16.7 Å². The van der Waals surface area contributed by atoms with Gasteiger partial charge in [-0.25, -0.2) is 0 Å². The molecule has 0 bridgehead atoms. The van der Waals surface area contributed by atoms with Crippen molar-refractivity contribution < 1.29 is 4.74 Å². The maximum Gasteiger partial charge on any atom is 0.134 e. The largest absolute Gasteiger partial charge is 0.488 e. The van der Waals surface area contributed by atoms with Gasteiger partial charge in [0.15, 0.2) is 0 Å². The predicted octanol–water partition coefficient (Wildman–Crippen LogP) is 6.46. The Labute approximate surface area is 177 Å². The van der Waals surface area contributed by atoms with Crippen LogP contribution >= 0.6 is 39.1 Å². The molecule has 0 aliphatic heterocycles. The topological polar surface area (TPSA) is 33.6 Å². The maximum absolute atomic E-state index is 6.16.